The minimum atomic E-state index is -5.70. The van der Waals surface area contributed by atoms with Gasteiger partial charge >= 0.3 is 62.8 Å². The number of amides is 1. The molecule has 0 saturated heterocycles. The molecule has 0 bridgehead atoms. The Hall–Kier alpha value is -1.31. The van der Waals surface area contributed by atoms with Crippen LogP contribution in [0.3, 0.4) is 0 Å². The molecule has 14 nitrogen and oxygen atoms in total. The van der Waals surface area contributed by atoms with Crippen molar-refractivity contribution in [2.75, 3.05) is 20.1 Å². The van der Waals surface area contributed by atoms with Crippen molar-refractivity contribution in [2.45, 2.75) is 66.1 Å². The van der Waals surface area contributed by atoms with Gasteiger partial charge in [-0.25, -0.2) is 4.79 Å². The third kappa shape index (κ3) is 12.8. The SMILES string of the molecule is CC(C)(C)C(=O)OCOP(=O)(OCOC(=O)C(C)(C)C)C(O)(CCCNC(=O)OCc1ccccc1)P(=O)(O)O.[H-].[Na+]. The molecule has 4 N–H and O–H groups in total. The second-order valence-corrected chi connectivity index (χ2v) is 15.2. The fourth-order valence-electron chi connectivity index (χ4n) is 2.71. The molecular weight excluding hydrogens is 595 g/mol. The van der Waals surface area contributed by atoms with E-state index >= 15 is 0 Å². The molecule has 230 valence electrons. The number of ether oxygens (including phenoxy) is 3. The van der Waals surface area contributed by atoms with E-state index in [1.54, 1.807) is 30.3 Å². The first-order valence-corrected chi connectivity index (χ1v) is 15.3. The molecule has 1 unspecified atom stereocenters. The van der Waals surface area contributed by atoms with Gasteiger partial charge in [-0.3, -0.25) is 27.8 Å². The minimum absolute atomic E-state index is 0. The number of aliphatic hydroxyl groups is 1. The van der Waals surface area contributed by atoms with E-state index in [0.29, 0.717) is 0 Å². The summed E-state index contributed by atoms with van der Waals surface area (Å²) >= 11 is 0. The number of benzene rings is 1. The van der Waals surface area contributed by atoms with E-state index < -0.39 is 69.1 Å². The fraction of sp³-hybridized carbons (Fsp3) is 0.625. The van der Waals surface area contributed by atoms with Crippen molar-refractivity contribution in [1.82, 2.24) is 5.32 Å². The Morgan fingerprint density at radius 3 is 1.73 bits per heavy atom. The first-order valence-electron chi connectivity index (χ1n) is 12.2. The molecule has 17 heteroatoms. The van der Waals surface area contributed by atoms with Crippen molar-refractivity contribution in [1.29, 1.82) is 0 Å². The summed E-state index contributed by atoms with van der Waals surface area (Å²) in [7, 11) is -11.0. The molecule has 0 heterocycles. The number of carbonyl (C=O) groups excluding carboxylic acids is 3. The number of alkyl carbamates (subject to hydrolysis) is 1. The number of esters is 2. The molecular formula is C24H40NNaO13P2. The Bertz CT molecular complexity index is 1070. The van der Waals surface area contributed by atoms with E-state index in [0.717, 1.165) is 5.56 Å². The average molecular weight is 636 g/mol. The van der Waals surface area contributed by atoms with E-state index in [4.69, 9.17) is 23.3 Å². The standard InChI is InChI=1S/C24H39NO13P2.Na.H/c1-22(2,3)19(26)35-16-37-40(33,38-17-36-20(27)23(4,5)6)24(29,39(30,31)32)13-10-14-25-21(28)34-15-18-11-8-7-9-12-18;;/h7-9,11-12,29H,10,13-17H2,1-6H3,(H,25,28)(H2,30,31,32);;/q;+1;-1. The summed E-state index contributed by atoms with van der Waals surface area (Å²) in [5, 5.41) is 9.92. The Kier molecular flexibility index (Phi) is 16.0. The maximum absolute atomic E-state index is 13.7. The molecule has 1 amide bonds. The normalized spacial score (nSPS) is 13.8. The average Bonchev–Trinajstić information content (AvgIpc) is 2.83. The van der Waals surface area contributed by atoms with E-state index in [9.17, 15) is 38.4 Å². The molecule has 0 radical (unpaired) electrons. The first-order chi connectivity index (χ1) is 18.2. The van der Waals surface area contributed by atoms with E-state index in [1.807, 2.05) is 0 Å². The van der Waals surface area contributed by atoms with Gasteiger partial charge in [0.1, 0.15) is 6.61 Å². The second-order valence-electron chi connectivity index (χ2n) is 10.8. The zero-order valence-corrected chi connectivity index (χ0v) is 28.2. The Morgan fingerprint density at radius 2 is 1.32 bits per heavy atom. The van der Waals surface area contributed by atoms with Crippen LogP contribution in [0.2, 0.25) is 0 Å². The van der Waals surface area contributed by atoms with Crippen LogP contribution >= 0.6 is 15.2 Å². The third-order valence-electron chi connectivity index (χ3n) is 5.13. The summed E-state index contributed by atoms with van der Waals surface area (Å²) < 4.78 is 50.7. The van der Waals surface area contributed by atoms with Gasteiger partial charge in [-0.2, -0.15) is 0 Å². The van der Waals surface area contributed by atoms with Gasteiger partial charge in [0.05, 0.1) is 10.8 Å². The smallest absolute Gasteiger partial charge is 1.00 e. The van der Waals surface area contributed by atoms with E-state index in [2.05, 4.69) is 5.32 Å². The summed E-state index contributed by atoms with van der Waals surface area (Å²) in [4.78, 5) is 56.0. The number of carbonyl (C=O) groups is 3. The van der Waals surface area contributed by atoms with Crippen molar-refractivity contribution in [3.05, 3.63) is 35.9 Å². The molecule has 0 fully saturated rings. The van der Waals surface area contributed by atoms with Gasteiger partial charge in [0.15, 0.2) is 0 Å². The second kappa shape index (κ2) is 16.5. The van der Waals surface area contributed by atoms with Gasteiger partial charge in [0.25, 0.3) is 5.08 Å². The largest absolute Gasteiger partial charge is 1.00 e. The summed E-state index contributed by atoms with van der Waals surface area (Å²) in [5.41, 5.74) is -1.28. The molecule has 0 aliphatic rings. The summed E-state index contributed by atoms with van der Waals surface area (Å²) in [6.07, 6.45) is -2.08. The summed E-state index contributed by atoms with van der Waals surface area (Å²) in [6, 6.07) is 8.79. The van der Waals surface area contributed by atoms with E-state index in [1.165, 1.54) is 41.5 Å². The Labute approximate surface area is 263 Å². The van der Waals surface area contributed by atoms with Crippen molar-refractivity contribution < 1.29 is 92.6 Å². The Balaban J connectivity index is 0. The van der Waals surface area contributed by atoms with Crippen LogP contribution in [0.1, 0.15) is 61.4 Å². The van der Waals surface area contributed by atoms with Crippen LogP contribution in [0.25, 0.3) is 0 Å². The van der Waals surface area contributed by atoms with Crippen molar-refractivity contribution in [3.63, 3.8) is 0 Å². The maximum atomic E-state index is 13.7. The number of rotatable bonds is 14. The first kappa shape index (κ1) is 39.7. The predicted molar refractivity (Wildman–Crippen MR) is 143 cm³/mol. The van der Waals surface area contributed by atoms with Gasteiger partial charge in [-0.15, -0.1) is 0 Å². The predicted octanol–water partition coefficient (Wildman–Crippen LogP) is 0.953. The van der Waals surface area contributed by atoms with Crippen LogP contribution in [-0.4, -0.2) is 58.1 Å². The summed E-state index contributed by atoms with van der Waals surface area (Å²) in [5.74, 6) is -1.62. The molecule has 0 aliphatic carbocycles. The molecule has 1 aromatic carbocycles. The van der Waals surface area contributed by atoms with Gasteiger partial charge in [0, 0.05) is 13.0 Å². The fourth-order valence-corrected chi connectivity index (χ4v) is 6.08. The molecule has 1 rings (SSSR count). The van der Waals surface area contributed by atoms with Gasteiger partial charge in [-0.1, -0.05) is 30.3 Å². The van der Waals surface area contributed by atoms with Crippen LogP contribution in [0, 0.1) is 10.8 Å². The minimum Gasteiger partial charge on any atom is -1.00 e. The molecule has 1 atom stereocenters. The number of nitrogens with one attached hydrogen (secondary N) is 1. The Morgan fingerprint density at radius 1 is 0.854 bits per heavy atom. The molecule has 41 heavy (non-hydrogen) atoms. The van der Waals surface area contributed by atoms with Crippen molar-refractivity contribution in [3.8, 4) is 0 Å². The van der Waals surface area contributed by atoms with Gasteiger partial charge in [-0.05, 0) is 53.5 Å². The quantitative estimate of drug-likeness (QED) is 0.0562. The molecule has 0 spiro atoms. The van der Waals surface area contributed by atoms with Crippen molar-refractivity contribution >= 4 is 33.2 Å². The van der Waals surface area contributed by atoms with Gasteiger partial charge in [0.2, 0.25) is 13.6 Å². The molecule has 0 aromatic heterocycles. The topological polar surface area (TPSA) is 204 Å². The molecule has 1 aromatic rings. The zero-order valence-electron chi connectivity index (χ0n) is 25.4. The third-order valence-corrected chi connectivity index (χ3v) is 9.79. The summed E-state index contributed by atoms with van der Waals surface area (Å²) in [6.45, 7) is 6.59. The van der Waals surface area contributed by atoms with Crippen LogP contribution < -0.4 is 34.9 Å². The van der Waals surface area contributed by atoms with Gasteiger partial charge < -0.3 is 35.8 Å². The van der Waals surface area contributed by atoms with Crippen LogP contribution in [0.15, 0.2) is 30.3 Å². The van der Waals surface area contributed by atoms with Crippen LogP contribution in [0.4, 0.5) is 4.79 Å². The number of hydrogen-bond acceptors (Lipinski definition) is 11. The number of hydrogen-bond donors (Lipinski definition) is 4. The van der Waals surface area contributed by atoms with Crippen molar-refractivity contribution in [2.24, 2.45) is 10.8 Å². The molecule has 0 aliphatic heterocycles. The monoisotopic (exact) mass is 635 g/mol. The maximum Gasteiger partial charge on any atom is 1.00 e. The molecule has 0 saturated carbocycles. The van der Waals surface area contributed by atoms with Crippen LogP contribution in [-0.2, 0) is 48.6 Å². The van der Waals surface area contributed by atoms with Crippen LogP contribution in [0.5, 0.6) is 0 Å². The van der Waals surface area contributed by atoms with E-state index in [-0.39, 0.29) is 50.6 Å². The zero-order chi connectivity index (χ0) is 30.8.